The average molecular weight is 242 g/mol. The molecule has 0 bridgehead atoms. The third-order valence-corrected chi connectivity index (χ3v) is 3.91. The fourth-order valence-corrected chi connectivity index (χ4v) is 2.01. The van der Waals surface area contributed by atoms with Crippen LogP contribution in [0, 0.1) is 0 Å². The largest absolute Gasteiger partial charge is 0.306 e. The molecule has 96 valence electrons. The Labute approximate surface area is 109 Å². The molecule has 2 heteroatoms. The smallest absolute Gasteiger partial charge is 0.0705 e. The lowest BCUT2D eigenvalue weighted by molar-refractivity contribution is 0.328. The predicted molar refractivity (Wildman–Crippen MR) is 77.6 cm³/mol. The van der Waals surface area contributed by atoms with Crippen LogP contribution in [0.25, 0.3) is 10.9 Å². The van der Waals surface area contributed by atoms with Crippen LogP contribution in [0.3, 0.4) is 0 Å². The second-order valence-electron chi connectivity index (χ2n) is 5.12. The Bertz CT molecular complexity index is 515. The van der Waals surface area contributed by atoms with Gasteiger partial charge in [0.1, 0.15) is 0 Å². The normalized spacial score (nSPS) is 11.9. The van der Waals surface area contributed by atoms with E-state index in [9.17, 15) is 0 Å². The van der Waals surface area contributed by atoms with Crippen molar-refractivity contribution in [3.63, 3.8) is 0 Å². The topological polar surface area (TPSA) is 24.9 Å². The first kappa shape index (κ1) is 13.0. The molecular weight excluding hydrogens is 220 g/mol. The summed E-state index contributed by atoms with van der Waals surface area (Å²) in [6.07, 6.45) is 2.27. The van der Waals surface area contributed by atoms with E-state index in [0.717, 1.165) is 30.6 Å². The van der Waals surface area contributed by atoms with Crippen molar-refractivity contribution in [2.45, 2.75) is 45.7 Å². The van der Waals surface area contributed by atoms with Crippen LogP contribution in [0.5, 0.6) is 0 Å². The van der Waals surface area contributed by atoms with Gasteiger partial charge in [0.2, 0.25) is 0 Å². The molecular formula is C16H22N2. The summed E-state index contributed by atoms with van der Waals surface area (Å²) in [4.78, 5) is 4.68. The van der Waals surface area contributed by atoms with Crippen LogP contribution in [-0.2, 0) is 6.54 Å². The predicted octanol–water partition coefficient (Wildman–Crippen LogP) is 3.90. The zero-order valence-corrected chi connectivity index (χ0v) is 11.5. The fourth-order valence-electron chi connectivity index (χ4n) is 2.01. The highest BCUT2D eigenvalue weighted by atomic mass is 15.0. The molecule has 0 fully saturated rings. The molecule has 18 heavy (non-hydrogen) atoms. The van der Waals surface area contributed by atoms with Gasteiger partial charge >= 0.3 is 0 Å². The van der Waals surface area contributed by atoms with E-state index in [1.54, 1.807) is 0 Å². The van der Waals surface area contributed by atoms with E-state index >= 15 is 0 Å². The zero-order valence-electron chi connectivity index (χ0n) is 11.5. The van der Waals surface area contributed by atoms with Crippen LogP contribution >= 0.6 is 0 Å². The molecule has 0 aliphatic carbocycles. The molecule has 0 unspecified atom stereocenters. The van der Waals surface area contributed by atoms with Crippen molar-refractivity contribution < 1.29 is 0 Å². The van der Waals surface area contributed by atoms with E-state index in [4.69, 9.17) is 0 Å². The summed E-state index contributed by atoms with van der Waals surface area (Å²) in [5.74, 6) is 0. The molecule has 2 nitrogen and oxygen atoms in total. The van der Waals surface area contributed by atoms with Gasteiger partial charge in [0.25, 0.3) is 0 Å². The second-order valence-corrected chi connectivity index (χ2v) is 5.12. The number of nitrogens with zero attached hydrogens (tertiary/aromatic N) is 1. The van der Waals surface area contributed by atoms with Crippen LogP contribution in [0.15, 0.2) is 36.4 Å². The van der Waals surface area contributed by atoms with Gasteiger partial charge in [0.15, 0.2) is 0 Å². The average Bonchev–Trinajstić information content (AvgIpc) is 2.44. The minimum Gasteiger partial charge on any atom is -0.306 e. The molecule has 0 atom stereocenters. The van der Waals surface area contributed by atoms with Crippen molar-refractivity contribution in [2.24, 2.45) is 0 Å². The molecule has 1 N–H and O–H groups in total. The van der Waals surface area contributed by atoms with Crippen molar-refractivity contribution >= 4 is 10.9 Å². The Morgan fingerprint density at radius 1 is 1.06 bits per heavy atom. The first-order chi connectivity index (χ1) is 8.67. The van der Waals surface area contributed by atoms with Gasteiger partial charge in [-0.15, -0.1) is 0 Å². The zero-order chi connectivity index (χ0) is 13.0. The monoisotopic (exact) mass is 242 g/mol. The minimum atomic E-state index is 0.216. The van der Waals surface area contributed by atoms with Gasteiger partial charge in [-0.2, -0.15) is 0 Å². The van der Waals surface area contributed by atoms with E-state index in [-0.39, 0.29) is 5.54 Å². The van der Waals surface area contributed by atoms with Gasteiger partial charge in [-0.1, -0.05) is 38.1 Å². The van der Waals surface area contributed by atoms with Crippen LogP contribution in [0.4, 0.5) is 0 Å². The number of aromatic nitrogens is 1. The number of hydrogen-bond acceptors (Lipinski definition) is 2. The Kier molecular flexibility index (Phi) is 3.97. The summed E-state index contributed by atoms with van der Waals surface area (Å²) in [5, 5.41) is 4.82. The molecule has 0 saturated heterocycles. The van der Waals surface area contributed by atoms with Gasteiger partial charge in [-0.05, 0) is 31.9 Å². The number of nitrogens with one attached hydrogen (secondary N) is 1. The first-order valence-electron chi connectivity index (χ1n) is 6.76. The number of pyridine rings is 1. The molecule has 0 radical (unpaired) electrons. The lowest BCUT2D eigenvalue weighted by atomic mass is 9.95. The maximum atomic E-state index is 4.68. The highest BCUT2D eigenvalue weighted by molar-refractivity contribution is 5.78. The molecule has 0 saturated carbocycles. The summed E-state index contributed by atoms with van der Waals surface area (Å²) in [5.41, 5.74) is 2.40. The van der Waals surface area contributed by atoms with Crippen molar-refractivity contribution in [2.75, 3.05) is 0 Å². The number of hydrogen-bond donors (Lipinski definition) is 1. The number of rotatable bonds is 5. The highest BCUT2D eigenvalue weighted by Crippen LogP contribution is 2.16. The van der Waals surface area contributed by atoms with Crippen molar-refractivity contribution in [3.8, 4) is 0 Å². The quantitative estimate of drug-likeness (QED) is 0.860. The van der Waals surface area contributed by atoms with Gasteiger partial charge in [-0.3, -0.25) is 4.98 Å². The van der Waals surface area contributed by atoms with Crippen LogP contribution in [0.2, 0.25) is 0 Å². The summed E-state index contributed by atoms with van der Waals surface area (Å²) in [7, 11) is 0. The lowest BCUT2D eigenvalue weighted by Crippen LogP contribution is -2.40. The van der Waals surface area contributed by atoms with Crippen molar-refractivity contribution in [1.29, 1.82) is 0 Å². The second kappa shape index (κ2) is 5.49. The van der Waals surface area contributed by atoms with Crippen molar-refractivity contribution in [3.05, 3.63) is 42.1 Å². The third kappa shape index (κ3) is 2.88. The first-order valence-corrected chi connectivity index (χ1v) is 6.76. The molecule has 0 spiro atoms. The Morgan fingerprint density at radius 3 is 2.50 bits per heavy atom. The minimum absolute atomic E-state index is 0.216. The molecule has 2 rings (SSSR count). The number of para-hydroxylation sites is 1. The number of benzene rings is 1. The Morgan fingerprint density at radius 2 is 1.78 bits per heavy atom. The summed E-state index contributed by atoms with van der Waals surface area (Å²) >= 11 is 0. The highest BCUT2D eigenvalue weighted by Gasteiger charge is 2.18. The van der Waals surface area contributed by atoms with Gasteiger partial charge in [0.05, 0.1) is 11.2 Å². The standard InChI is InChI=1S/C16H22N2/c1-4-16(3,5-2)17-12-14-11-10-13-8-6-7-9-15(13)18-14/h6-11,17H,4-5,12H2,1-3H3. The maximum absolute atomic E-state index is 4.68. The maximum Gasteiger partial charge on any atom is 0.0705 e. The van der Waals surface area contributed by atoms with Gasteiger partial charge < -0.3 is 5.32 Å². The van der Waals surface area contributed by atoms with E-state index in [2.05, 4.69) is 55.3 Å². The SMILES string of the molecule is CCC(C)(CC)NCc1ccc2ccccc2n1. The van der Waals surface area contributed by atoms with E-state index in [1.165, 1.54) is 5.39 Å². The molecule has 1 aromatic carbocycles. The van der Waals surface area contributed by atoms with E-state index in [1.807, 2.05) is 12.1 Å². The van der Waals surface area contributed by atoms with Crippen LogP contribution < -0.4 is 5.32 Å². The lowest BCUT2D eigenvalue weighted by Gasteiger charge is -2.28. The van der Waals surface area contributed by atoms with Crippen LogP contribution in [-0.4, -0.2) is 10.5 Å². The molecule has 0 aliphatic rings. The van der Waals surface area contributed by atoms with Gasteiger partial charge in [-0.25, -0.2) is 0 Å². The number of fused-ring (bicyclic) bond motifs is 1. The van der Waals surface area contributed by atoms with Crippen molar-refractivity contribution in [1.82, 2.24) is 10.3 Å². The molecule has 0 aliphatic heterocycles. The van der Waals surface area contributed by atoms with Crippen LogP contribution in [0.1, 0.15) is 39.3 Å². The Balaban J connectivity index is 2.12. The Hall–Kier alpha value is -1.41. The summed E-state index contributed by atoms with van der Waals surface area (Å²) in [6.45, 7) is 7.56. The summed E-state index contributed by atoms with van der Waals surface area (Å²) in [6, 6.07) is 12.5. The third-order valence-electron chi connectivity index (χ3n) is 3.91. The molecule has 1 aromatic heterocycles. The molecule has 2 aromatic rings. The van der Waals surface area contributed by atoms with E-state index < -0.39 is 0 Å². The van der Waals surface area contributed by atoms with E-state index in [0.29, 0.717) is 0 Å². The fraction of sp³-hybridized carbons (Fsp3) is 0.438. The van der Waals surface area contributed by atoms with Gasteiger partial charge in [0, 0.05) is 17.5 Å². The molecule has 1 heterocycles. The molecule has 0 amide bonds. The summed E-state index contributed by atoms with van der Waals surface area (Å²) < 4.78 is 0.